The van der Waals surface area contributed by atoms with Gasteiger partial charge in [0.15, 0.2) is 0 Å². The van der Waals surface area contributed by atoms with Crippen molar-refractivity contribution >= 4 is 12.0 Å². The number of unbranched alkanes of at least 4 members (excludes halogenated alkanes) is 3. The van der Waals surface area contributed by atoms with Crippen molar-refractivity contribution in [1.82, 2.24) is 10.6 Å². The van der Waals surface area contributed by atoms with Gasteiger partial charge in [-0.1, -0.05) is 32.6 Å². The molecule has 5 heteroatoms. The summed E-state index contributed by atoms with van der Waals surface area (Å²) in [4.78, 5) is 22.4. The molecule has 0 saturated carbocycles. The van der Waals surface area contributed by atoms with E-state index >= 15 is 0 Å². The third-order valence-corrected chi connectivity index (χ3v) is 2.79. The Kier molecular flexibility index (Phi) is 9.33. The van der Waals surface area contributed by atoms with Crippen LogP contribution in [0.1, 0.15) is 52.4 Å². The summed E-state index contributed by atoms with van der Waals surface area (Å²) in [7, 11) is 0. The number of nitrogens with one attached hydrogen (secondary N) is 2. The van der Waals surface area contributed by atoms with Gasteiger partial charge in [0.2, 0.25) is 0 Å². The average Bonchev–Trinajstić information content (AvgIpc) is 2.34. The highest BCUT2D eigenvalue weighted by Crippen LogP contribution is 2.05. The Hall–Kier alpha value is -1.70. The van der Waals surface area contributed by atoms with E-state index in [1.54, 1.807) is 0 Å². The van der Waals surface area contributed by atoms with Gasteiger partial charge in [0, 0.05) is 12.5 Å². The van der Waals surface area contributed by atoms with Crippen LogP contribution in [0.15, 0.2) is 0 Å². The van der Waals surface area contributed by atoms with Crippen molar-refractivity contribution in [2.75, 3.05) is 0 Å². The maximum absolute atomic E-state index is 11.6. The number of carbonyl (C=O) groups excluding carboxylic acids is 1. The number of hydrogen-bond acceptors (Lipinski definition) is 2. The van der Waals surface area contributed by atoms with E-state index in [0.717, 1.165) is 19.3 Å². The van der Waals surface area contributed by atoms with Crippen molar-refractivity contribution in [3.05, 3.63) is 0 Å². The largest absolute Gasteiger partial charge is 0.480 e. The molecule has 2 unspecified atom stereocenters. The molecular weight excluding hydrogens is 244 g/mol. The lowest BCUT2D eigenvalue weighted by Gasteiger charge is -2.17. The number of urea groups is 1. The van der Waals surface area contributed by atoms with Crippen LogP contribution >= 0.6 is 0 Å². The number of amides is 2. The highest BCUT2D eigenvalue weighted by Gasteiger charge is 2.19. The second-order valence-corrected chi connectivity index (χ2v) is 4.67. The summed E-state index contributed by atoms with van der Waals surface area (Å²) < 4.78 is 0. The average molecular weight is 268 g/mol. The van der Waals surface area contributed by atoms with Crippen LogP contribution in [0.3, 0.4) is 0 Å². The monoisotopic (exact) mass is 268 g/mol. The lowest BCUT2D eigenvalue weighted by Crippen LogP contribution is -2.48. The SMILES string of the molecule is C#CCC(NC(=O)NC(C)CCCCCC)C(=O)O. The van der Waals surface area contributed by atoms with Crippen LogP contribution in [0.5, 0.6) is 0 Å². The van der Waals surface area contributed by atoms with Crippen LogP contribution in [-0.4, -0.2) is 29.2 Å². The van der Waals surface area contributed by atoms with Gasteiger partial charge < -0.3 is 15.7 Å². The Morgan fingerprint density at radius 2 is 1.95 bits per heavy atom. The van der Waals surface area contributed by atoms with E-state index in [9.17, 15) is 9.59 Å². The minimum absolute atomic E-state index is 0.0202. The van der Waals surface area contributed by atoms with E-state index < -0.39 is 18.0 Å². The molecule has 0 rings (SSSR count). The zero-order valence-corrected chi connectivity index (χ0v) is 11.7. The summed E-state index contributed by atoms with van der Waals surface area (Å²) in [5.74, 6) is 1.11. The van der Waals surface area contributed by atoms with Gasteiger partial charge in [-0.2, -0.15) is 0 Å². The number of rotatable bonds is 9. The van der Waals surface area contributed by atoms with E-state index in [1.807, 2.05) is 6.92 Å². The molecule has 0 heterocycles. The summed E-state index contributed by atoms with van der Waals surface area (Å²) >= 11 is 0. The molecule has 0 aliphatic rings. The summed E-state index contributed by atoms with van der Waals surface area (Å²) in [6.45, 7) is 4.05. The van der Waals surface area contributed by atoms with E-state index in [2.05, 4.69) is 23.5 Å². The first kappa shape index (κ1) is 17.3. The molecule has 3 N–H and O–H groups in total. The number of hydrogen-bond donors (Lipinski definition) is 3. The third kappa shape index (κ3) is 8.95. The fourth-order valence-electron chi connectivity index (χ4n) is 1.69. The minimum atomic E-state index is -1.12. The molecule has 0 aliphatic carbocycles. The Balaban J connectivity index is 3.95. The van der Waals surface area contributed by atoms with Gasteiger partial charge in [-0.15, -0.1) is 12.3 Å². The first-order chi connectivity index (χ1) is 9.01. The molecule has 2 atom stereocenters. The lowest BCUT2D eigenvalue weighted by molar-refractivity contribution is -0.139. The van der Waals surface area contributed by atoms with Crippen molar-refractivity contribution in [2.24, 2.45) is 0 Å². The Morgan fingerprint density at radius 3 is 2.47 bits per heavy atom. The third-order valence-electron chi connectivity index (χ3n) is 2.79. The van der Waals surface area contributed by atoms with Crippen molar-refractivity contribution < 1.29 is 14.7 Å². The van der Waals surface area contributed by atoms with Gasteiger partial charge in [-0.05, 0) is 13.3 Å². The van der Waals surface area contributed by atoms with E-state index in [1.165, 1.54) is 12.8 Å². The molecule has 2 amide bonds. The Morgan fingerprint density at radius 1 is 1.26 bits per heavy atom. The van der Waals surface area contributed by atoms with Gasteiger partial charge in [-0.25, -0.2) is 9.59 Å². The van der Waals surface area contributed by atoms with E-state index in [-0.39, 0.29) is 12.5 Å². The minimum Gasteiger partial charge on any atom is -0.480 e. The molecule has 0 aromatic heterocycles. The van der Waals surface area contributed by atoms with Crippen LogP contribution in [0.2, 0.25) is 0 Å². The molecule has 5 nitrogen and oxygen atoms in total. The molecule has 0 saturated heterocycles. The number of carboxylic acids is 1. The summed E-state index contributed by atoms with van der Waals surface area (Å²) in [6, 6.07) is -1.49. The standard InChI is InChI=1S/C14H24N2O3/c1-4-6-7-8-10-11(3)15-14(19)16-12(9-5-2)13(17)18/h2,11-12H,4,6-10H2,1,3H3,(H,17,18)(H2,15,16,19). The van der Waals surface area contributed by atoms with Gasteiger partial charge in [0.05, 0.1) is 0 Å². The van der Waals surface area contributed by atoms with Crippen LogP contribution in [0.25, 0.3) is 0 Å². The zero-order valence-electron chi connectivity index (χ0n) is 11.7. The molecule has 0 spiro atoms. The molecule has 0 aromatic rings. The fraction of sp³-hybridized carbons (Fsp3) is 0.714. The second-order valence-electron chi connectivity index (χ2n) is 4.67. The molecular formula is C14H24N2O3. The van der Waals surface area contributed by atoms with Crippen molar-refractivity contribution in [2.45, 2.75) is 64.5 Å². The number of carboxylic acid groups (broad SMARTS) is 1. The smallest absolute Gasteiger partial charge is 0.327 e. The van der Waals surface area contributed by atoms with Gasteiger partial charge in [0.25, 0.3) is 0 Å². The van der Waals surface area contributed by atoms with Crippen molar-refractivity contribution in [3.63, 3.8) is 0 Å². The maximum atomic E-state index is 11.6. The number of terminal acetylenes is 1. The van der Waals surface area contributed by atoms with E-state index in [0.29, 0.717) is 0 Å². The molecule has 0 bridgehead atoms. The Bertz CT molecular complexity index is 323. The second kappa shape index (κ2) is 10.2. The predicted molar refractivity (Wildman–Crippen MR) is 74.8 cm³/mol. The Labute approximate surface area is 115 Å². The molecule has 19 heavy (non-hydrogen) atoms. The highest BCUT2D eigenvalue weighted by atomic mass is 16.4. The maximum Gasteiger partial charge on any atom is 0.327 e. The summed E-state index contributed by atoms with van der Waals surface area (Å²) in [5, 5.41) is 13.9. The van der Waals surface area contributed by atoms with Crippen molar-refractivity contribution in [1.29, 1.82) is 0 Å². The van der Waals surface area contributed by atoms with Gasteiger partial charge in [0.1, 0.15) is 6.04 Å². The van der Waals surface area contributed by atoms with Crippen molar-refractivity contribution in [3.8, 4) is 12.3 Å². The molecule has 0 fully saturated rings. The predicted octanol–water partition coefficient (Wildman–Crippen LogP) is 2.12. The molecule has 108 valence electrons. The first-order valence-electron chi connectivity index (χ1n) is 6.74. The molecule has 0 aromatic carbocycles. The zero-order chi connectivity index (χ0) is 14.7. The van der Waals surface area contributed by atoms with Crippen LogP contribution in [0.4, 0.5) is 4.79 Å². The quantitative estimate of drug-likeness (QED) is 0.443. The summed E-state index contributed by atoms with van der Waals surface area (Å²) in [5.41, 5.74) is 0. The molecule has 0 radical (unpaired) electrons. The van der Waals surface area contributed by atoms with Gasteiger partial charge >= 0.3 is 12.0 Å². The fourth-order valence-corrected chi connectivity index (χ4v) is 1.69. The number of aliphatic carboxylic acids is 1. The summed E-state index contributed by atoms with van der Waals surface area (Å²) in [6.07, 6.45) is 10.5. The van der Waals surface area contributed by atoms with Crippen LogP contribution in [0, 0.1) is 12.3 Å². The van der Waals surface area contributed by atoms with E-state index in [4.69, 9.17) is 11.5 Å². The normalized spacial score (nSPS) is 13.1. The van der Waals surface area contributed by atoms with Gasteiger partial charge in [-0.3, -0.25) is 0 Å². The van der Waals surface area contributed by atoms with Crippen LogP contribution < -0.4 is 10.6 Å². The lowest BCUT2D eigenvalue weighted by atomic mass is 10.1. The molecule has 0 aliphatic heterocycles. The topological polar surface area (TPSA) is 78.4 Å². The first-order valence-corrected chi connectivity index (χ1v) is 6.74. The number of carbonyl (C=O) groups is 2. The van der Waals surface area contributed by atoms with Crippen LogP contribution in [-0.2, 0) is 4.79 Å². The highest BCUT2D eigenvalue weighted by molar-refractivity contribution is 5.82.